The van der Waals surface area contributed by atoms with Gasteiger partial charge in [-0.3, -0.25) is 24.0 Å². The van der Waals surface area contributed by atoms with Crippen LogP contribution in [0, 0.1) is 24.7 Å². The maximum absolute atomic E-state index is 13.5. The third kappa shape index (κ3) is 11.5. The highest BCUT2D eigenvalue weighted by molar-refractivity contribution is 5.97. The molecule has 0 radical (unpaired) electrons. The Morgan fingerprint density at radius 1 is 1.05 bits per heavy atom. The Hall–Kier alpha value is -4.23. The molecule has 0 aromatic carbocycles. The Labute approximate surface area is 257 Å². The van der Waals surface area contributed by atoms with Crippen molar-refractivity contribution in [2.45, 2.75) is 91.9 Å². The quantitative estimate of drug-likeness (QED) is 0.132. The number of ether oxygens (including phenoxy) is 1. The summed E-state index contributed by atoms with van der Waals surface area (Å²) in [6.07, 6.45) is 3.85. The third-order valence-electron chi connectivity index (χ3n) is 6.97. The number of nitrogens with one attached hydrogen (secondary N) is 5. The zero-order valence-electron chi connectivity index (χ0n) is 26.5. The molecule has 0 bridgehead atoms. The van der Waals surface area contributed by atoms with E-state index in [0.29, 0.717) is 18.7 Å². The molecule has 1 aliphatic rings. The van der Waals surface area contributed by atoms with Gasteiger partial charge >= 0.3 is 5.97 Å². The molecule has 0 saturated carbocycles. The Morgan fingerprint density at radius 3 is 2.30 bits per heavy atom. The first-order valence-electron chi connectivity index (χ1n) is 15.0. The Kier molecular flexibility index (Phi) is 14.0. The molecular weight excluding hydrogens is 572 g/mol. The van der Waals surface area contributed by atoms with Crippen LogP contribution in [-0.4, -0.2) is 78.0 Å². The van der Waals surface area contributed by atoms with E-state index < -0.39 is 53.8 Å². The minimum atomic E-state index is -1.01. The van der Waals surface area contributed by atoms with Crippen LogP contribution in [0.1, 0.15) is 77.1 Å². The van der Waals surface area contributed by atoms with Crippen molar-refractivity contribution in [3.8, 4) is 0 Å². The van der Waals surface area contributed by atoms with Crippen molar-refractivity contribution in [1.82, 2.24) is 31.7 Å². The first-order valence-corrected chi connectivity index (χ1v) is 15.0. The number of aromatic nitrogens is 1. The summed E-state index contributed by atoms with van der Waals surface area (Å²) in [6.45, 7) is 12.8. The number of carbonyl (C=O) groups excluding carboxylic acids is 6. The molecule has 14 nitrogen and oxygen atoms in total. The summed E-state index contributed by atoms with van der Waals surface area (Å²) < 4.78 is 9.84. The molecule has 0 spiro atoms. The van der Waals surface area contributed by atoms with E-state index in [0.717, 1.165) is 0 Å². The maximum atomic E-state index is 13.5. The van der Waals surface area contributed by atoms with E-state index >= 15 is 0 Å². The summed E-state index contributed by atoms with van der Waals surface area (Å²) in [5, 5.41) is 17.2. The lowest BCUT2D eigenvalue weighted by Crippen LogP contribution is -2.58. The Balaban J connectivity index is 2.13. The number of esters is 1. The summed E-state index contributed by atoms with van der Waals surface area (Å²) >= 11 is 0. The van der Waals surface area contributed by atoms with E-state index in [9.17, 15) is 28.8 Å². The highest BCUT2D eigenvalue weighted by Crippen LogP contribution is 2.18. The largest absolute Gasteiger partial charge is 0.463 e. The van der Waals surface area contributed by atoms with E-state index in [2.05, 4.69) is 31.7 Å². The number of rotatable bonds is 16. The van der Waals surface area contributed by atoms with Gasteiger partial charge in [-0.25, -0.2) is 4.79 Å². The van der Waals surface area contributed by atoms with E-state index in [-0.39, 0.29) is 48.8 Å². The third-order valence-corrected chi connectivity index (χ3v) is 6.97. The second-order valence-electron chi connectivity index (χ2n) is 11.7. The number of carbonyl (C=O) groups is 6. The second kappa shape index (κ2) is 17.2. The molecule has 1 aromatic rings. The topological polar surface area (TPSA) is 198 Å². The zero-order chi connectivity index (χ0) is 33.0. The first kappa shape index (κ1) is 36.0. The zero-order valence-corrected chi connectivity index (χ0v) is 26.5. The number of nitrogens with zero attached hydrogens (tertiary/aromatic N) is 1. The van der Waals surface area contributed by atoms with Crippen LogP contribution in [0.2, 0.25) is 0 Å². The van der Waals surface area contributed by atoms with Crippen molar-refractivity contribution < 1.29 is 38.0 Å². The standard InChI is InChI=1S/C30H46N6O8/c1-8-43-24(37)10-9-21(15-20-11-12-31-27(20)39)33-28(40)22(13-16(2)3)34-30(42)25(17(4)5)35-26(38)19(7)32-29(41)23-14-18(6)44-36-23/h9-10,14,16-17,19-22,25H,8,11-13,15H2,1-7H3,(H,31,39)(H,32,41)(H,33,40)(H,34,42)(H,35,38)/b10-9+/t19-,20-,21+,22-,25-/m0/s1. The first-order chi connectivity index (χ1) is 20.7. The molecule has 5 amide bonds. The highest BCUT2D eigenvalue weighted by atomic mass is 16.5. The molecule has 2 rings (SSSR count). The Bertz CT molecular complexity index is 1210. The molecule has 2 heterocycles. The number of amides is 5. The van der Waals surface area contributed by atoms with Gasteiger partial charge in [0, 0.05) is 30.6 Å². The molecular formula is C30H46N6O8. The summed E-state index contributed by atoms with van der Waals surface area (Å²) in [6, 6.07) is -2.22. The van der Waals surface area contributed by atoms with Crippen molar-refractivity contribution in [2.75, 3.05) is 13.2 Å². The smallest absolute Gasteiger partial charge is 0.330 e. The fourth-order valence-corrected chi connectivity index (χ4v) is 4.62. The normalized spacial score (nSPS) is 17.5. The van der Waals surface area contributed by atoms with Crippen LogP contribution in [0.3, 0.4) is 0 Å². The van der Waals surface area contributed by atoms with Crippen LogP contribution in [-0.2, 0) is 28.7 Å². The van der Waals surface area contributed by atoms with Crippen molar-refractivity contribution >= 4 is 35.5 Å². The average molecular weight is 619 g/mol. The van der Waals surface area contributed by atoms with E-state index in [4.69, 9.17) is 9.26 Å². The molecule has 0 unspecified atom stereocenters. The van der Waals surface area contributed by atoms with E-state index in [1.54, 1.807) is 27.7 Å². The molecule has 1 saturated heterocycles. The predicted molar refractivity (Wildman–Crippen MR) is 160 cm³/mol. The summed E-state index contributed by atoms with van der Waals surface area (Å²) in [7, 11) is 0. The number of hydrogen-bond donors (Lipinski definition) is 5. The molecule has 0 aliphatic carbocycles. The van der Waals surface area contributed by atoms with Crippen LogP contribution < -0.4 is 26.6 Å². The van der Waals surface area contributed by atoms with Crippen molar-refractivity contribution in [1.29, 1.82) is 0 Å². The Morgan fingerprint density at radius 2 is 1.75 bits per heavy atom. The minimum absolute atomic E-state index is 0.0164. The van der Waals surface area contributed by atoms with Gasteiger partial charge in [-0.05, 0) is 51.9 Å². The van der Waals surface area contributed by atoms with E-state index in [1.807, 2.05) is 13.8 Å². The molecule has 5 N–H and O–H groups in total. The number of hydrogen-bond acceptors (Lipinski definition) is 9. The predicted octanol–water partition coefficient (Wildman–Crippen LogP) is 0.903. The van der Waals surface area contributed by atoms with Crippen LogP contribution in [0.15, 0.2) is 22.7 Å². The minimum Gasteiger partial charge on any atom is -0.463 e. The average Bonchev–Trinajstić information content (AvgIpc) is 3.56. The molecule has 44 heavy (non-hydrogen) atoms. The van der Waals surface area contributed by atoms with Gasteiger partial charge in [-0.15, -0.1) is 0 Å². The van der Waals surface area contributed by atoms with Crippen LogP contribution >= 0.6 is 0 Å². The van der Waals surface area contributed by atoms with Gasteiger partial charge in [0.05, 0.1) is 6.61 Å². The molecule has 244 valence electrons. The van der Waals surface area contributed by atoms with Gasteiger partial charge in [-0.1, -0.05) is 38.9 Å². The van der Waals surface area contributed by atoms with Gasteiger partial charge in [0.25, 0.3) is 5.91 Å². The molecule has 1 aliphatic heterocycles. The fraction of sp³-hybridized carbons (Fsp3) is 0.633. The van der Waals surface area contributed by atoms with Gasteiger partial charge in [0.2, 0.25) is 23.6 Å². The number of aryl methyl sites for hydroxylation is 1. The van der Waals surface area contributed by atoms with Crippen LogP contribution in [0.4, 0.5) is 0 Å². The van der Waals surface area contributed by atoms with Crippen LogP contribution in [0.25, 0.3) is 0 Å². The summed E-state index contributed by atoms with van der Waals surface area (Å²) in [4.78, 5) is 76.4. The van der Waals surface area contributed by atoms with Crippen molar-refractivity contribution in [3.05, 3.63) is 29.7 Å². The second-order valence-corrected chi connectivity index (χ2v) is 11.7. The van der Waals surface area contributed by atoms with Gasteiger partial charge in [0.15, 0.2) is 5.69 Å². The molecule has 1 fully saturated rings. The van der Waals surface area contributed by atoms with Gasteiger partial charge in [0.1, 0.15) is 23.9 Å². The summed E-state index contributed by atoms with van der Waals surface area (Å²) in [5.41, 5.74) is 0.0202. The molecule has 14 heteroatoms. The fourth-order valence-electron chi connectivity index (χ4n) is 4.62. The van der Waals surface area contributed by atoms with Gasteiger partial charge < -0.3 is 35.8 Å². The lowest BCUT2D eigenvalue weighted by molar-refractivity contribution is -0.137. The monoisotopic (exact) mass is 618 g/mol. The SMILES string of the molecule is CCOC(=O)/C=C/[C@H](C[C@@H]1CCNC1=O)NC(=O)[C@H](CC(C)C)NC(=O)[C@@H](NC(=O)[C@H](C)NC(=O)c1cc(C)on1)C(C)C. The van der Waals surface area contributed by atoms with Crippen LogP contribution in [0.5, 0.6) is 0 Å². The summed E-state index contributed by atoms with van der Waals surface area (Å²) in [5.74, 6) is -3.23. The lowest BCUT2D eigenvalue weighted by Gasteiger charge is -2.28. The highest BCUT2D eigenvalue weighted by Gasteiger charge is 2.33. The van der Waals surface area contributed by atoms with E-state index in [1.165, 1.54) is 25.1 Å². The molecule has 1 aromatic heterocycles. The lowest BCUT2D eigenvalue weighted by atomic mass is 9.96. The van der Waals surface area contributed by atoms with Crippen molar-refractivity contribution in [2.24, 2.45) is 17.8 Å². The maximum Gasteiger partial charge on any atom is 0.330 e. The molecule has 5 atom stereocenters. The van der Waals surface area contributed by atoms with Crippen molar-refractivity contribution in [3.63, 3.8) is 0 Å². The van der Waals surface area contributed by atoms with Gasteiger partial charge in [-0.2, -0.15) is 0 Å².